The number of anilines is 1. The van der Waals surface area contributed by atoms with E-state index in [0.717, 1.165) is 42.1 Å². The summed E-state index contributed by atoms with van der Waals surface area (Å²) in [5.41, 5.74) is 2.97. The molecule has 5 nitrogen and oxygen atoms in total. The van der Waals surface area contributed by atoms with Crippen molar-refractivity contribution in [2.75, 3.05) is 31.1 Å². The molecule has 2 aliphatic heterocycles. The summed E-state index contributed by atoms with van der Waals surface area (Å²) in [6, 6.07) is 21.4. The molecule has 0 saturated carbocycles. The maximum Gasteiger partial charge on any atom is 0.265 e. The van der Waals surface area contributed by atoms with Crippen molar-refractivity contribution < 1.29 is 14.0 Å². The summed E-state index contributed by atoms with van der Waals surface area (Å²) in [5, 5.41) is 3.06. The Hall–Kier alpha value is -3.42. The predicted octanol–water partition coefficient (Wildman–Crippen LogP) is 6.50. The van der Waals surface area contributed by atoms with Crippen LogP contribution in [0.15, 0.2) is 82.6 Å². The normalized spacial score (nSPS) is 17.1. The van der Waals surface area contributed by atoms with Gasteiger partial charge in [0.1, 0.15) is 5.82 Å². The van der Waals surface area contributed by atoms with Crippen molar-refractivity contribution in [1.82, 2.24) is 10.2 Å². The van der Waals surface area contributed by atoms with E-state index in [9.17, 15) is 14.0 Å². The second-order valence-electron chi connectivity index (χ2n) is 10.1. The van der Waals surface area contributed by atoms with Crippen molar-refractivity contribution in [3.05, 3.63) is 100 Å². The van der Waals surface area contributed by atoms with Crippen molar-refractivity contribution in [2.45, 2.75) is 43.5 Å². The molecule has 2 aliphatic rings. The third-order valence-corrected chi connectivity index (χ3v) is 8.25. The van der Waals surface area contributed by atoms with Crippen molar-refractivity contribution >= 4 is 35.3 Å². The third-order valence-electron chi connectivity index (χ3n) is 7.17. The van der Waals surface area contributed by atoms with Crippen molar-refractivity contribution in [3.63, 3.8) is 0 Å². The highest BCUT2D eigenvalue weighted by Crippen LogP contribution is 2.43. The van der Waals surface area contributed by atoms with Crippen molar-refractivity contribution in [1.29, 1.82) is 0 Å². The van der Waals surface area contributed by atoms with Gasteiger partial charge in [0.05, 0.1) is 17.1 Å². The second-order valence-corrected chi connectivity index (χ2v) is 11.2. The highest BCUT2D eigenvalue weighted by atomic mass is 32.2. The van der Waals surface area contributed by atoms with Gasteiger partial charge in [-0.2, -0.15) is 0 Å². The Morgan fingerprint density at radius 1 is 0.949 bits per heavy atom. The van der Waals surface area contributed by atoms with E-state index in [4.69, 9.17) is 0 Å². The molecule has 0 unspecified atom stereocenters. The molecule has 0 bridgehead atoms. The summed E-state index contributed by atoms with van der Waals surface area (Å²) in [4.78, 5) is 32.4. The Morgan fingerprint density at radius 2 is 1.69 bits per heavy atom. The Bertz CT molecular complexity index is 1320. The number of benzene rings is 3. The summed E-state index contributed by atoms with van der Waals surface area (Å²) in [6.07, 6.45) is 7.94. The van der Waals surface area contributed by atoms with E-state index in [1.54, 1.807) is 23.1 Å². The van der Waals surface area contributed by atoms with Crippen LogP contribution in [-0.2, 0) is 11.3 Å². The molecule has 202 valence electrons. The summed E-state index contributed by atoms with van der Waals surface area (Å²) in [5.74, 6) is -0.603. The van der Waals surface area contributed by atoms with Gasteiger partial charge in [-0.25, -0.2) is 4.39 Å². The number of hydrogen-bond donors (Lipinski definition) is 1. The molecule has 5 rings (SSSR count). The minimum absolute atomic E-state index is 0.140. The quantitative estimate of drug-likeness (QED) is 0.260. The van der Waals surface area contributed by atoms with Gasteiger partial charge in [-0.15, -0.1) is 0 Å². The van der Waals surface area contributed by atoms with Gasteiger partial charge in [-0.1, -0.05) is 67.1 Å². The molecule has 1 fully saturated rings. The smallest absolute Gasteiger partial charge is 0.265 e. The lowest BCUT2D eigenvalue weighted by Crippen LogP contribution is -2.34. The molecule has 3 aromatic rings. The Labute approximate surface area is 234 Å². The monoisotopic (exact) mass is 543 g/mol. The summed E-state index contributed by atoms with van der Waals surface area (Å²) in [6.45, 7) is 4.19. The maximum atomic E-state index is 13.7. The fraction of sp³-hybridized carbons (Fsp3) is 0.312. The first-order valence-electron chi connectivity index (χ1n) is 13.7. The van der Waals surface area contributed by atoms with E-state index >= 15 is 0 Å². The summed E-state index contributed by atoms with van der Waals surface area (Å²) >= 11 is 1.41. The van der Waals surface area contributed by atoms with E-state index in [-0.39, 0.29) is 24.2 Å². The Morgan fingerprint density at radius 3 is 2.44 bits per heavy atom. The largest absolute Gasteiger partial charge is 0.352 e. The number of fused-ring (bicyclic) bond motifs is 1. The number of carbonyl (C=O) groups excluding carboxylic acids is 2. The molecule has 0 radical (unpaired) electrons. The summed E-state index contributed by atoms with van der Waals surface area (Å²) in [7, 11) is 0. The molecule has 2 heterocycles. The molecule has 1 saturated heterocycles. The van der Waals surface area contributed by atoms with Gasteiger partial charge in [0.25, 0.3) is 11.8 Å². The van der Waals surface area contributed by atoms with Gasteiger partial charge in [0.15, 0.2) is 0 Å². The lowest BCUT2D eigenvalue weighted by atomic mass is 10.1. The van der Waals surface area contributed by atoms with E-state index in [0.29, 0.717) is 22.7 Å². The van der Waals surface area contributed by atoms with Gasteiger partial charge in [-0.05, 0) is 86.4 Å². The maximum absolute atomic E-state index is 13.7. The lowest BCUT2D eigenvalue weighted by molar-refractivity contribution is -0.114. The molecule has 39 heavy (non-hydrogen) atoms. The number of amides is 2. The summed E-state index contributed by atoms with van der Waals surface area (Å²) < 4.78 is 13.5. The van der Waals surface area contributed by atoms with Crippen LogP contribution in [0.3, 0.4) is 0 Å². The van der Waals surface area contributed by atoms with Crippen LogP contribution in [0.5, 0.6) is 0 Å². The van der Waals surface area contributed by atoms with Crippen LogP contribution < -0.4 is 10.2 Å². The van der Waals surface area contributed by atoms with E-state index < -0.39 is 0 Å². The molecule has 7 heteroatoms. The average Bonchev–Trinajstić information content (AvgIpc) is 3.23. The number of thioether (sulfide) groups is 1. The number of rotatable bonds is 8. The standard InChI is InChI=1S/C32H34FN3O2S/c33-27-14-11-25(12-15-27)23-36-28-22-26(31(37)34-17-8-20-35-18-6-1-2-7-19-35)13-16-29(28)39-30(32(36)38)21-24-9-4-3-5-10-24/h3-5,9-16,21-22H,1-2,6-8,17-20,23H2,(H,34,37). The van der Waals surface area contributed by atoms with Crippen molar-refractivity contribution in [3.8, 4) is 0 Å². The molecule has 3 aromatic carbocycles. The predicted molar refractivity (Wildman–Crippen MR) is 156 cm³/mol. The SMILES string of the molecule is O=C(NCCCN1CCCCCC1)c1ccc2c(c1)N(Cc1ccc(F)cc1)C(=O)C(=Cc1ccccc1)S2. The van der Waals surface area contributed by atoms with Crippen molar-refractivity contribution in [2.24, 2.45) is 0 Å². The number of halogens is 1. The number of nitrogens with one attached hydrogen (secondary N) is 1. The van der Waals surface area contributed by atoms with Gasteiger partial charge in [0.2, 0.25) is 0 Å². The molecule has 0 aromatic heterocycles. The fourth-order valence-electron chi connectivity index (χ4n) is 5.05. The highest BCUT2D eigenvalue weighted by molar-refractivity contribution is 8.04. The molecule has 1 N–H and O–H groups in total. The lowest BCUT2D eigenvalue weighted by Gasteiger charge is -2.31. The number of hydrogen-bond acceptors (Lipinski definition) is 4. The van der Waals surface area contributed by atoms with Crippen LogP contribution in [-0.4, -0.2) is 42.9 Å². The topological polar surface area (TPSA) is 52.7 Å². The average molecular weight is 544 g/mol. The number of nitrogens with zero attached hydrogens (tertiary/aromatic N) is 2. The minimum atomic E-state index is -0.320. The van der Waals surface area contributed by atoms with E-state index in [2.05, 4.69) is 10.2 Å². The van der Waals surface area contributed by atoms with E-state index in [1.807, 2.05) is 48.5 Å². The van der Waals surface area contributed by atoms with Crippen LogP contribution in [0.4, 0.5) is 10.1 Å². The third kappa shape index (κ3) is 7.16. The second kappa shape index (κ2) is 13.1. The van der Waals surface area contributed by atoms with Crippen LogP contribution in [0.2, 0.25) is 0 Å². The molecule has 0 spiro atoms. The molecule has 0 atom stereocenters. The zero-order valence-corrected chi connectivity index (χ0v) is 22.9. The highest BCUT2D eigenvalue weighted by Gasteiger charge is 2.30. The van der Waals surface area contributed by atoms with Crippen LogP contribution >= 0.6 is 11.8 Å². The molecule has 2 amide bonds. The first-order valence-corrected chi connectivity index (χ1v) is 14.5. The zero-order valence-electron chi connectivity index (χ0n) is 22.1. The van der Waals surface area contributed by atoms with Gasteiger partial charge in [-0.3, -0.25) is 9.59 Å². The zero-order chi connectivity index (χ0) is 27.0. The fourth-order valence-corrected chi connectivity index (χ4v) is 6.09. The van der Waals surface area contributed by atoms with Crippen LogP contribution in [0.1, 0.15) is 53.6 Å². The first-order chi connectivity index (χ1) is 19.1. The minimum Gasteiger partial charge on any atom is -0.352 e. The number of likely N-dealkylation sites (tertiary alicyclic amines) is 1. The Kier molecular flexibility index (Phi) is 9.12. The molecular weight excluding hydrogens is 509 g/mol. The molecular formula is C32H34FN3O2S. The molecule has 0 aliphatic carbocycles. The van der Waals surface area contributed by atoms with E-state index in [1.165, 1.54) is 49.6 Å². The van der Waals surface area contributed by atoms with Gasteiger partial charge < -0.3 is 15.1 Å². The Balaban J connectivity index is 1.33. The van der Waals surface area contributed by atoms with Gasteiger partial charge >= 0.3 is 0 Å². The van der Waals surface area contributed by atoms with Gasteiger partial charge in [0, 0.05) is 17.0 Å². The number of carbonyl (C=O) groups is 2. The van der Waals surface area contributed by atoms with Crippen LogP contribution in [0, 0.1) is 5.82 Å². The first kappa shape index (κ1) is 27.2. The van der Waals surface area contributed by atoms with Crippen LogP contribution in [0.25, 0.3) is 6.08 Å².